The van der Waals surface area contributed by atoms with E-state index in [-0.39, 0.29) is 18.7 Å². The van der Waals surface area contributed by atoms with Crippen molar-refractivity contribution in [3.05, 3.63) is 24.3 Å². The molecule has 0 aliphatic heterocycles. The Balaban J connectivity index is 2.78. The number of anilines is 1. The van der Waals surface area contributed by atoms with Gasteiger partial charge < -0.3 is 5.32 Å². The van der Waals surface area contributed by atoms with Crippen molar-refractivity contribution in [3.8, 4) is 0 Å². The largest absolute Gasteiger partial charge is 0.389 e. The number of hydrogen-bond donors (Lipinski definition) is 1. The second-order valence-electron chi connectivity index (χ2n) is 3.95. The highest BCUT2D eigenvalue weighted by Crippen LogP contribution is 2.26. The Labute approximate surface area is 112 Å². The lowest BCUT2D eigenvalue weighted by Crippen LogP contribution is -2.15. The Kier molecular flexibility index (Phi) is 5.32. The summed E-state index contributed by atoms with van der Waals surface area (Å²) in [5.41, 5.74) is -0.130. The van der Waals surface area contributed by atoms with E-state index in [9.17, 15) is 30.4 Å². The Morgan fingerprint density at radius 3 is 2.30 bits per heavy atom. The summed E-state index contributed by atoms with van der Waals surface area (Å²) in [5, 5.41) is 2.43. The predicted molar refractivity (Wildman–Crippen MR) is 63.4 cm³/mol. The number of sulfone groups is 1. The summed E-state index contributed by atoms with van der Waals surface area (Å²) in [6.45, 7) is -0.171. The average Bonchev–Trinajstić information content (AvgIpc) is 2.33. The van der Waals surface area contributed by atoms with Crippen LogP contribution in [0.4, 0.5) is 27.6 Å². The maximum absolute atomic E-state index is 12.5. The van der Waals surface area contributed by atoms with Gasteiger partial charge in [-0.15, -0.1) is 0 Å². The standard InChI is InChI=1S/C11H12F5NO2S/c12-10(13)20(18,19)9-5-2-1-4-8(9)17-7-3-6-11(14,15)16/h1-2,4-5,10,17H,3,6-7H2. The molecule has 9 heteroatoms. The first-order chi connectivity index (χ1) is 9.14. The van der Waals surface area contributed by atoms with E-state index in [2.05, 4.69) is 5.32 Å². The van der Waals surface area contributed by atoms with Crippen LogP contribution in [0.25, 0.3) is 0 Å². The average molecular weight is 317 g/mol. The molecule has 20 heavy (non-hydrogen) atoms. The van der Waals surface area contributed by atoms with Gasteiger partial charge in [0.15, 0.2) is 0 Å². The molecule has 0 radical (unpaired) electrons. The van der Waals surface area contributed by atoms with E-state index in [0.29, 0.717) is 0 Å². The molecule has 3 nitrogen and oxygen atoms in total. The van der Waals surface area contributed by atoms with E-state index >= 15 is 0 Å². The topological polar surface area (TPSA) is 46.2 Å². The first-order valence-corrected chi connectivity index (χ1v) is 7.11. The van der Waals surface area contributed by atoms with Crippen LogP contribution in [0.15, 0.2) is 29.2 Å². The van der Waals surface area contributed by atoms with Gasteiger partial charge in [-0.3, -0.25) is 0 Å². The van der Waals surface area contributed by atoms with Crippen LogP contribution in [-0.4, -0.2) is 26.9 Å². The maximum atomic E-state index is 12.5. The summed E-state index contributed by atoms with van der Waals surface area (Å²) in [5.74, 6) is -3.58. The van der Waals surface area contributed by atoms with Crippen LogP contribution < -0.4 is 5.32 Å². The minimum Gasteiger partial charge on any atom is -0.384 e. The maximum Gasteiger partial charge on any atom is 0.389 e. The van der Waals surface area contributed by atoms with Crippen LogP contribution in [0, 0.1) is 0 Å². The first-order valence-electron chi connectivity index (χ1n) is 5.56. The van der Waals surface area contributed by atoms with Crippen LogP contribution in [-0.2, 0) is 9.84 Å². The van der Waals surface area contributed by atoms with Crippen LogP contribution >= 0.6 is 0 Å². The number of para-hydroxylation sites is 1. The minimum absolute atomic E-state index is 0.130. The Morgan fingerprint density at radius 2 is 1.75 bits per heavy atom. The van der Waals surface area contributed by atoms with E-state index in [1.807, 2.05) is 0 Å². The van der Waals surface area contributed by atoms with Crippen LogP contribution in [0.5, 0.6) is 0 Å². The summed E-state index contributed by atoms with van der Waals surface area (Å²) in [4.78, 5) is -0.623. The zero-order valence-electron chi connectivity index (χ0n) is 10.1. The molecule has 1 N–H and O–H groups in total. The molecule has 0 atom stereocenters. The fourth-order valence-corrected chi connectivity index (χ4v) is 2.38. The molecule has 0 aliphatic carbocycles. The zero-order chi connectivity index (χ0) is 15.4. The fourth-order valence-electron chi connectivity index (χ4n) is 1.47. The molecule has 0 saturated carbocycles. The molecular weight excluding hydrogens is 305 g/mol. The molecule has 114 valence electrons. The van der Waals surface area contributed by atoms with Crippen LogP contribution in [0.1, 0.15) is 12.8 Å². The van der Waals surface area contributed by atoms with Crippen molar-refractivity contribution < 1.29 is 30.4 Å². The molecule has 0 amide bonds. The van der Waals surface area contributed by atoms with Gasteiger partial charge in [-0.2, -0.15) is 22.0 Å². The lowest BCUT2D eigenvalue weighted by Gasteiger charge is -2.12. The quantitative estimate of drug-likeness (QED) is 0.646. The van der Waals surface area contributed by atoms with Crippen molar-refractivity contribution in [2.75, 3.05) is 11.9 Å². The number of hydrogen-bond acceptors (Lipinski definition) is 3. The second kappa shape index (κ2) is 6.38. The van der Waals surface area contributed by atoms with Gasteiger partial charge in [0.2, 0.25) is 9.84 Å². The molecule has 0 bridgehead atoms. The molecule has 0 spiro atoms. The smallest absolute Gasteiger partial charge is 0.384 e. The third kappa shape index (κ3) is 4.62. The van der Waals surface area contributed by atoms with Crippen molar-refractivity contribution in [1.82, 2.24) is 0 Å². The summed E-state index contributed by atoms with van der Waals surface area (Å²) >= 11 is 0. The predicted octanol–water partition coefficient (Wildman–Crippen LogP) is 3.44. The van der Waals surface area contributed by atoms with E-state index < -0.39 is 33.1 Å². The van der Waals surface area contributed by atoms with E-state index in [1.165, 1.54) is 18.2 Å². The number of rotatable bonds is 6. The SMILES string of the molecule is O=S(=O)(c1ccccc1NCCCC(F)(F)F)C(F)F. The van der Waals surface area contributed by atoms with Crippen LogP contribution in [0.2, 0.25) is 0 Å². The Morgan fingerprint density at radius 1 is 1.15 bits per heavy atom. The number of nitrogens with one attached hydrogen (secondary N) is 1. The van der Waals surface area contributed by atoms with Gasteiger partial charge in [-0.25, -0.2) is 8.42 Å². The highest BCUT2D eigenvalue weighted by atomic mass is 32.2. The summed E-state index contributed by atoms with van der Waals surface area (Å²) in [7, 11) is -4.79. The lowest BCUT2D eigenvalue weighted by atomic mass is 10.2. The first kappa shape index (κ1) is 16.7. The monoisotopic (exact) mass is 317 g/mol. The molecule has 0 saturated heterocycles. The molecule has 0 unspecified atom stereocenters. The molecule has 1 aromatic carbocycles. The van der Waals surface area contributed by atoms with Gasteiger partial charge in [0.1, 0.15) is 0 Å². The van der Waals surface area contributed by atoms with Gasteiger partial charge in [-0.05, 0) is 18.6 Å². The van der Waals surface area contributed by atoms with Gasteiger partial charge >= 0.3 is 11.9 Å². The minimum atomic E-state index is -4.79. The van der Waals surface area contributed by atoms with Crippen molar-refractivity contribution in [3.63, 3.8) is 0 Å². The summed E-state index contributed by atoms with van der Waals surface area (Å²) in [6, 6.07) is 4.86. The van der Waals surface area contributed by atoms with E-state index in [1.54, 1.807) is 0 Å². The van der Waals surface area contributed by atoms with Crippen molar-refractivity contribution in [2.24, 2.45) is 0 Å². The normalized spacial score (nSPS) is 12.7. The molecule has 0 aliphatic rings. The third-order valence-electron chi connectivity index (χ3n) is 2.38. The Hall–Kier alpha value is -1.38. The van der Waals surface area contributed by atoms with Crippen LogP contribution in [0.3, 0.4) is 0 Å². The number of alkyl halides is 5. The van der Waals surface area contributed by atoms with E-state index in [4.69, 9.17) is 0 Å². The molecular formula is C11H12F5NO2S. The molecule has 1 aromatic rings. The molecule has 0 heterocycles. The number of benzene rings is 1. The lowest BCUT2D eigenvalue weighted by molar-refractivity contribution is -0.134. The highest BCUT2D eigenvalue weighted by Gasteiger charge is 2.29. The molecule has 1 rings (SSSR count). The van der Waals surface area contributed by atoms with Gasteiger partial charge in [0.05, 0.1) is 10.6 Å². The van der Waals surface area contributed by atoms with Crippen molar-refractivity contribution in [1.29, 1.82) is 0 Å². The number of halogens is 5. The van der Waals surface area contributed by atoms with Crippen molar-refractivity contribution in [2.45, 2.75) is 29.7 Å². The highest BCUT2D eigenvalue weighted by molar-refractivity contribution is 7.91. The molecule has 0 fully saturated rings. The summed E-state index contributed by atoms with van der Waals surface area (Å²) in [6.07, 6.45) is -5.63. The second-order valence-corrected chi connectivity index (χ2v) is 5.83. The van der Waals surface area contributed by atoms with E-state index in [0.717, 1.165) is 6.07 Å². The zero-order valence-corrected chi connectivity index (χ0v) is 10.9. The summed E-state index contributed by atoms with van der Waals surface area (Å²) < 4.78 is 83.5. The Bertz CT molecular complexity index is 542. The van der Waals surface area contributed by atoms with Crippen molar-refractivity contribution >= 4 is 15.5 Å². The van der Waals surface area contributed by atoms with Gasteiger partial charge in [-0.1, -0.05) is 12.1 Å². The third-order valence-corrected chi connectivity index (χ3v) is 3.82. The van der Waals surface area contributed by atoms with Gasteiger partial charge in [0, 0.05) is 13.0 Å². The fraction of sp³-hybridized carbons (Fsp3) is 0.455. The molecule has 0 aromatic heterocycles. The van der Waals surface area contributed by atoms with Gasteiger partial charge in [0.25, 0.3) is 0 Å².